The maximum atomic E-state index is 11.0. The fraction of sp³-hybridized carbons (Fsp3) is 0.900. The predicted molar refractivity (Wildman–Crippen MR) is 53.0 cm³/mol. The fourth-order valence-electron chi connectivity index (χ4n) is 2.14. The summed E-state index contributed by atoms with van der Waals surface area (Å²) in [5, 5.41) is 0. The Labute approximate surface area is 79.9 Å². The molecule has 0 unspecified atom stereocenters. The third-order valence-corrected chi connectivity index (χ3v) is 3.19. The van der Waals surface area contributed by atoms with Gasteiger partial charge in [0.2, 0.25) is 5.91 Å². The van der Waals surface area contributed by atoms with Crippen molar-refractivity contribution in [1.82, 2.24) is 0 Å². The number of amides is 1. The van der Waals surface area contributed by atoms with Crippen molar-refractivity contribution in [2.75, 3.05) is 0 Å². The minimum absolute atomic E-state index is 0.331. The van der Waals surface area contributed by atoms with Gasteiger partial charge in [-0.05, 0) is 31.6 Å². The zero-order chi connectivity index (χ0) is 9.90. The molecule has 1 aliphatic rings. The molecule has 0 saturated heterocycles. The van der Waals surface area contributed by atoms with Gasteiger partial charge in [-0.1, -0.05) is 19.8 Å². The van der Waals surface area contributed by atoms with Crippen LogP contribution in [-0.2, 0) is 4.79 Å². The van der Waals surface area contributed by atoms with Crippen molar-refractivity contribution in [1.29, 1.82) is 0 Å². The molecule has 1 saturated carbocycles. The highest BCUT2D eigenvalue weighted by Crippen LogP contribution is 2.32. The molecule has 1 rings (SSSR count). The molecular weight excluding hydrogens is 164 g/mol. The lowest BCUT2D eigenvalue weighted by molar-refractivity contribution is -0.124. The molecular formula is C10H20N2O. The Balaban J connectivity index is 2.42. The van der Waals surface area contributed by atoms with Crippen LogP contribution in [0.2, 0.25) is 0 Å². The first kappa shape index (κ1) is 10.5. The van der Waals surface area contributed by atoms with E-state index in [1.165, 1.54) is 12.8 Å². The highest BCUT2D eigenvalue weighted by atomic mass is 16.1. The van der Waals surface area contributed by atoms with Crippen molar-refractivity contribution in [3.05, 3.63) is 0 Å². The summed E-state index contributed by atoms with van der Waals surface area (Å²) in [4.78, 5) is 11.0. The average molecular weight is 184 g/mol. The van der Waals surface area contributed by atoms with Crippen molar-refractivity contribution in [2.45, 2.75) is 51.0 Å². The van der Waals surface area contributed by atoms with Gasteiger partial charge in [0.15, 0.2) is 0 Å². The molecule has 0 radical (unpaired) electrons. The van der Waals surface area contributed by atoms with Crippen LogP contribution in [-0.4, -0.2) is 11.4 Å². The molecule has 1 amide bonds. The van der Waals surface area contributed by atoms with Crippen LogP contribution < -0.4 is 11.5 Å². The Hall–Kier alpha value is -0.570. The van der Waals surface area contributed by atoms with Crippen LogP contribution in [0.25, 0.3) is 0 Å². The summed E-state index contributed by atoms with van der Waals surface area (Å²) >= 11 is 0. The fourth-order valence-corrected chi connectivity index (χ4v) is 2.14. The summed E-state index contributed by atoms with van der Waals surface area (Å²) in [5.74, 6) is 0.434. The lowest BCUT2D eigenvalue weighted by Gasteiger charge is -2.34. The van der Waals surface area contributed by atoms with Crippen LogP contribution in [0, 0.1) is 5.92 Å². The molecule has 0 heterocycles. The van der Waals surface area contributed by atoms with E-state index in [0.717, 1.165) is 31.6 Å². The van der Waals surface area contributed by atoms with Crippen molar-refractivity contribution in [2.24, 2.45) is 17.4 Å². The van der Waals surface area contributed by atoms with Gasteiger partial charge in [0.05, 0.1) is 5.54 Å². The molecule has 1 aliphatic carbocycles. The van der Waals surface area contributed by atoms with Gasteiger partial charge in [-0.15, -0.1) is 0 Å². The molecule has 1 fully saturated rings. The van der Waals surface area contributed by atoms with Gasteiger partial charge in [0.1, 0.15) is 0 Å². The van der Waals surface area contributed by atoms with E-state index in [1.54, 1.807) is 0 Å². The van der Waals surface area contributed by atoms with Crippen molar-refractivity contribution < 1.29 is 4.79 Å². The maximum absolute atomic E-state index is 11.0. The summed E-state index contributed by atoms with van der Waals surface area (Å²) in [7, 11) is 0. The summed E-state index contributed by atoms with van der Waals surface area (Å²) in [5.41, 5.74) is 10.4. The molecule has 4 N–H and O–H groups in total. The maximum Gasteiger partial charge on any atom is 0.237 e. The molecule has 3 heteroatoms. The van der Waals surface area contributed by atoms with Gasteiger partial charge in [-0.25, -0.2) is 0 Å². The molecule has 0 aromatic rings. The van der Waals surface area contributed by atoms with Crippen LogP contribution in [0.4, 0.5) is 0 Å². The van der Waals surface area contributed by atoms with Gasteiger partial charge in [-0.3, -0.25) is 4.79 Å². The summed E-state index contributed by atoms with van der Waals surface area (Å²) in [6.45, 7) is 2.19. The summed E-state index contributed by atoms with van der Waals surface area (Å²) in [6.07, 6.45) is 6.15. The largest absolute Gasteiger partial charge is 0.368 e. The Morgan fingerprint density at radius 1 is 1.46 bits per heavy atom. The zero-order valence-corrected chi connectivity index (χ0v) is 8.38. The predicted octanol–water partition coefficient (Wildman–Crippen LogP) is 1.16. The van der Waals surface area contributed by atoms with Crippen LogP contribution in [0.3, 0.4) is 0 Å². The molecule has 0 aromatic heterocycles. The number of hydrogen-bond acceptors (Lipinski definition) is 2. The SMILES string of the molecule is CCCC1CCC(N)(C(N)=O)CC1. The first-order chi connectivity index (χ1) is 6.08. The first-order valence-electron chi connectivity index (χ1n) is 5.17. The molecule has 13 heavy (non-hydrogen) atoms. The number of nitrogens with two attached hydrogens (primary N) is 2. The number of primary amides is 1. The van der Waals surface area contributed by atoms with E-state index >= 15 is 0 Å². The molecule has 3 nitrogen and oxygen atoms in total. The van der Waals surface area contributed by atoms with Crippen molar-refractivity contribution in [3.63, 3.8) is 0 Å². The van der Waals surface area contributed by atoms with Gasteiger partial charge in [0.25, 0.3) is 0 Å². The van der Waals surface area contributed by atoms with Gasteiger partial charge in [-0.2, -0.15) is 0 Å². The molecule has 0 aliphatic heterocycles. The van der Waals surface area contributed by atoms with Crippen molar-refractivity contribution >= 4 is 5.91 Å². The third-order valence-electron chi connectivity index (χ3n) is 3.19. The standard InChI is InChI=1S/C10H20N2O/c1-2-3-8-4-6-10(12,7-5-8)9(11)13/h8H,2-7,12H2,1H3,(H2,11,13). The van der Waals surface area contributed by atoms with E-state index in [4.69, 9.17) is 11.5 Å². The Kier molecular flexibility index (Phi) is 3.31. The summed E-state index contributed by atoms with van der Waals surface area (Å²) in [6, 6.07) is 0. The molecule has 0 bridgehead atoms. The van der Waals surface area contributed by atoms with Crippen LogP contribution >= 0.6 is 0 Å². The van der Waals surface area contributed by atoms with Crippen molar-refractivity contribution in [3.8, 4) is 0 Å². The smallest absolute Gasteiger partial charge is 0.237 e. The number of carbonyl (C=O) groups is 1. The van der Waals surface area contributed by atoms with E-state index in [0.29, 0.717) is 0 Å². The second-order valence-corrected chi connectivity index (χ2v) is 4.25. The quantitative estimate of drug-likeness (QED) is 0.691. The molecule has 0 spiro atoms. The van der Waals surface area contributed by atoms with E-state index in [-0.39, 0.29) is 5.91 Å². The second kappa shape index (κ2) is 4.09. The third kappa shape index (κ3) is 2.44. The normalized spacial score (nSPS) is 34.5. The number of carbonyl (C=O) groups excluding carboxylic acids is 1. The average Bonchev–Trinajstić information content (AvgIpc) is 2.09. The molecule has 0 aromatic carbocycles. The Morgan fingerprint density at radius 2 is 2.00 bits per heavy atom. The first-order valence-corrected chi connectivity index (χ1v) is 5.17. The molecule has 0 atom stereocenters. The highest BCUT2D eigenvalue weighted by molar-refractivity contribution is 5.84. The minimum atomic E-state index is -0.704. The van der Waals surface area contributed by atoms with Gasteiger partial charge < -0.3 is 11.5 Å². The Morgan fingerprint density at radius 3 is 2.38 bits per heavy atom. The van der Waals surface area contributed by atoms with Crippen LogP contribution in [0.15, 0.2) is 0 Å². The topological polar surface area (TPSA) is 69.1 Å². The monoisotopic (exact) mass is 184 g/mol. The van der Waals surface area contributed by atoms with E-state index in [1.807, 2.05) is 0 Å². The summed E-state index contributed by atoms with van der Waals surface area (Å²) < 4.78 is 0. The van der Waals surface area contributed by atoms with Crippen LogP contribution in [0.5, 0.6) is 0 Å². The second-order valence-electron chi connectivity index (χ2n) is 4.25. The Bertz CT molecular complexity index is 183. The number of hydrogen-bond donors (Lipinski definition) is 2. The van der Waals surface area contributed by atoms with E-state index < -0.39 is 5.54 Å². The minimum Gasteiger partial charge on any atom is -0.368 e. The molecule has 76 valence electrons. The lowest BCUT2D eigenvalue weighted by Crippen LogP contribution is -2.54. The van der Waals surface area contributed by atoms with E-state index in [9.17, 15) is 4.79 Å². The highest BCUT2D eigenvalue weighted by Gasteiger charge is 2.36. The van der Waals surface area contributed by atoms with Gasteiger partial charge >= 0.3 is 0 Å². The number of rotatable bonds is 3. The zero-order valence-electron chi connectivity index (χ0n) is 8.38. The lowest BCUT2D eigenvalue weighted by atomic mass is 9.75. The van der Waals surface area contributed by atoms with Crippen LogP contribution in [0.1, 0.15) is 45.4 Å². The van der Waals surface area contributed by atoms with E-state index in [2.05, 4.69) is 6.92 Å². The van der Waals surface area contributed by atoms with Gasteiger partial charge in [0, 0.05) is 0 Å².